The summed E-state index contributed by atoms with van der Waals surface area (Å²) in [5.41, 5.74) is 0.844. The minimum atomic E-state index is -0.848. The SMILES string of the molecule is CCCC(Nc1cc(C)nc(C(C)C)n1)C(=O)O. The Kier molecular flexibility index (Phi) is 5.07. The molecule has 0 aliphatic carbocycles. The second kappa shape index (κ2) is 6.33. The van der Waals surface area contributed by atoms with Crippen LogP contribution in [0.5, 0.6) is 0 Å². The third kappa shape index (κ3) is 3.98. The molecule has 5 nitrogen and oxygen atoms in total. The first-order valence-corrected chi connectivity index (χ1v) is 6.29. The monoisotopic (exact) mass is 251 g/mol. The summed E-state index contributed by atoms with van der Waals surface area (Å²) in [5.74, 6) is 0.698. The van der Waals surface area contributed by atoms with Crippen molar-refractivity contribution in [3.05, 3.63) is 17.6 Å². The number of hydrogen-bond donors (Lipinski definition) is 2. The van der Waals surface area contributed by atoms with Gasteiger partial charge in [-0.25, -0.2) is 14.8 Å². The van der Waals surface area contributed by atoms with E-state index in [9.17, 15) is 4.79 Å². The van der Waals surface area contributed by atoms with Gasteiger partial charge in [-0.3, -0.25) is 0 Å². The number of carboxylic acids is 1. The van der Waals surface area contributed by atoms with Crippen molar-refractivity contribution in [2.75, 3.05) is 5.32 Å². The van der Waals surface area contributed by atoms with E-state index >= 15 is 0 Å². The largest absolute Gasteiger partial charge is 0.480 e. The molecule has 2 N–H and O–H groups in total. The zero-order valence-corrected chi connectivity index (χ0v) is 11.4. The molecule has 18 heavy (non-hydrogen) atoms. The number of aliphatic carboxylic acids is 1. The highest BCUT2D eigenvalue weighted by molar-refractivity contribution is 5.76. The van der Waals surface area contributed by atoms with Crippen molar-refractivity contribution in [1.29, 1.82) is 0 Å². The zero-order chi connectivity index (χ0) is 13.7. The molecule has 1 heterocycles. The van der Waals surface area contributed by atoms with E-state index < -0.39 is 12.0 Å². The summed E-state index contributed by atoms with van der Waals surface area (Å²) in [5, 5.41) is 12.1. The fourth-order valence-corrected chi connectivity index (χ4v) is 1.65. The number of nitrogens with one attached hydrogen (secondary N) is 1. The van der Waals surface area contributed by atoms with Crippen molar-refractivity contribution >= 4 is 11.8 Å². The topological polar surface area (TPSA) is 75.1 Å². The van der Waals surface area contributed by atoms with Crippen molar-refractivity contribution in [1.82, 2.24) is 9.97 Å². The van der Waals surface area contributed by atoms with Gasteiger partial charge in [0.2, 0.25) is 0 Å². The lowest BCUT2D eigenvalue weighted by atomic mass is 10.1. The Morgan fingerprint density at radius 2 is 2.11 bits per heavy atom. The fraction of sp³-hybridized carbons (Fsp3) is 0.615. The van der Waals surface area contributed by atoms with Crippen LogP contribution in [-0.4, -0.2) is 27.1 Å². The Morgan fingerprint density at radius 1 is 1.44 bits per heavy atom. The molecule has 0 saturated carbocycles. The molecular weight excluding hydrogens is 230 g/mol. The molecule has 1 aromatic heterocycles. The predicted octanol–water partition coefficient (Wildman–Crippen LogP) is 2.57. The van der Waals surface area contributed by atoms with E-state index in [4.69, 9.17) is 5.11 Å². The molecule has 0 aliphatic heterocycles. The van der Waals surface area contributed by atoms with E-state index in [1.807, 2.05) is 27.7 Å². The number of nitrogens with zero attached hydrogens (tertiary/aromatic N) is 2. The zero-order valence-electron chi connectivity index (χ0n) is 11.4. The van der Waals surface area contributed by atoms with Gasteiger partial charge in [0.05, 0.1) is 0 Å². The Labute approximate surface area is 108 Å². The first-order chi connectivity index (χ1) is 8.43. The van der Waals surface area contributed by atoms with Crippen LogP contribution >= 0.6 is 0 Å². The lowest BCUT2D eigenvalue weighted by molar-refractivity contribution is -0.138. The number of aryl methyl sites for hydroxylation is 1. The first kappa shape index (κ1) is 14.4. The van der Waals surface area contributed by atoms with E-state index in [0.29, 0.717) is 12.2 Å². The lowest BCUT2D eigenvalue weighted by Gasteiger charge is -2.15. The van der Waals surface area contributed by atoms with Crippen LogP contribution in [0, 0.1) is 6.92 Å². The van der Waals surface area contributed by atoms with Crippen LogP contribution < -0.4 is 5.32 Å². The summed E-state index contributed by atoms with van der Waals surface area (Å²) in [7, 11) is 0. The highest BCUT2D eigenvalue weighted by Gasteiger charge is 2.17. The summed E-state index contributed by atoms with van der Waals surface area (Å²) in [6, 6.07) is 1.18. The molecule has 0 aliphatic rings. The van der Waals surface area contributed by atoms with Gasteiger partial charge in [-0.05, 0) is 13.3 Å². The highest BCUT2D eigenvalue weighted by Crippen LogP contribution is 2.15. The maximum atomic E-state index is 11.1. The van der Waals surface area contributed by atoms with Crippen LogP contribution in [0.2, 0.25) is 0 Å². The van der Waals surface area contributed by atoms with Gasteiger partial charge in [0.25, 0.3) is 0 Å². The van der Waals surface area contributed by atoms with Gasteiger partial charge in [0, 0.05) is 17.7 Å². The predicted molar refractivity (Wildman–Crippen MR) is 70.8 cm³/mol. The summed E-state index contributed by atoms with van der Waals surface area (Å²) in [6.07, 6.45) is 1.39. The first-order valence-electron chi connectivity index (χ1n) is 6.29. The van der Waals surface area contributed by atoms with Crippen LogP contribution in [0.15, 0.2) is 6.07 Å². The quantitative estimate of drug-likeness (QED) is 0.812. The van der Waals surface area contributed by atoms with E-state index in [-0.39, 0.29) is 5.92 Å². The van der Waals surface area contributed by atoms with E-state index in [1.165, 1.54) is 0 Å². The third-order valence-electron chi connectivity index (χ3n) is 2.59. The van der Waals surface area contributed by atoms with Crippen LogP contribution in [0.25, 0.3) is 0 Å². The maximum Gasteiger partial charge on any atom is 0.326 e. The smallest absolute Gasteiger partial charge is 0.326 e. The lowest BCUT2D eigenvalue weighted by Crippen LogP contribution is -2.29. The summed E-state index contributed by atoms with van der Waals surface area (Å²) in [6.45, 7) is 7.87. The number of anilines is 1. The third-order valence-corrected chi connectivity index (χ3v) is 2.59. The number of hydrogen-bond acceptors (Lipinski definition) is 4. The van der Waals surface area contributed by atoms with Crippen molar-refractivity contribution in [2.24, 2.45) is 0 Å². The molecule has 1 unspecified atom stereocenters. The van der Waals surface area contributed by atoms with Crippen molar-refractivity contribution in [3.8, 4) is 0 Å². The molecule has 1 aromatic rings. The number of carbonyl (C=O) groups is 1. The van der Waals surface area contributed by atoms with Crippen LogP contribution in [0.1, 0.15) is 51.0 Å². The number of carboxylic acid groups (broad SMARTS) is 1. The van der Waals surface area contributed by atoms with Gasteiger partial charge in [-0.2, -0.15) is 0 Å². The van der Waals surface area contributed by atoms with Crippen LogP contribution in [0.4, 0.5) is 5.82 Å². The van der Waals surface area contributed by atoms with Gasteiger partial charge in [-0.1, -0.05) is 27.2 Å². The Balaban J connectivity index is 2.91. The fourth-order valence-electron chi connectivity index (χ4n) is 1.65. The van der Waals surface area contributed by atoms with Gasteiger partial charge in [0.1, 0.15) is 17.7 Å². The van der Waals surface area contributed by atoms with Crippen molar-refractivity contribution in [2.45, 2.75) is 52.5 Å². The molecular formula is C13H21N3O2. The number of rotatable bonds is 6. The summed E-state index contributed by atoms with van der Waals surface area (Å²) in [4.78, 5) is 19.8. The molecule has 0 radical (unpaired) electrons. The van der Waals surface area contributed by atoms with E-state index in [0.717, 1.165) is 17.9 Å². The Bertz CT molecular complexity index is 419. The molecule has 0 saturated heterocycles. The van der Waals surface area contributed by atoms with Crippen LogP contribution in [0.3, 0.4) is 0 Å². The minimum Gasteiger partial charge on any atom is -0.480 e. The van der Waals surface area contributed by atoms with Gasteiger partial charge < -0.3 is 10.4 Å². The minimum absolute atomic E-state index is 0.222. The van der Waals surface area contributed by atoms with Crippen molar-refractivity contribution < 1.29 is 9.90 Å². The van der Waals surface area contributed by atoms with E-state index in [2.05, 4.69) is 15.3 Å². The molecule has 100 valence electrons. The highest BCUT2D eigenvalue weighted by atomic mass is 16.4. The summed E-state index contributed by atoms with van der Waals surface area (Å²) >= 11 is 0. The standard InChI is InChI=1S/C13H21N3O2/c1-5-6-10(13(17)18)15-11-7-9(4)14-12(16-11)8(2)3/h7-8,10H,5-6H2,1-4H3,(H,17,18)(H,14,15,16). The molecule has 0 fully saturated rings. The molecule has 0 aromatic carbocycles. The summed E-state index contributed by atoms with van der Waals surface area (Å²) < 4.78 is 0. The Morgan fingerprint density at radius 3 is 2.61 bits per heavy atom. The van der Waals surface area contributed by atoms with Gasteiger partial charge in [0.15, 0.2) is 0 Å². The molecule has 1 rings (SSSR count). The second-order valence-electron chi connectivity index (χ2n) is 4.73. The van der Waals surface area contributed by atoms with Crippen molar-refractivity contribution in [3.63, 3.8) is 0 Å². The maximum absolute atomic E-state index is 11.1. The van der Waals surface area contributed by atoms with E-state index in [1.54, 1.807) is 6.07 Å². The molecule has 1 atom stereocenters. The molecule has 0 amide bonds. The second-order valence-corrected chi connectivity index (χ2v) is 4.73. The average Bonchev–Trinajstić information content (AvgIpc) is 2.27. The van der Waals surface area contributed by atoms with Gasteiger partial charge in [-0.15, -0.1) is 0 Å². The molecule has 5 heteroatoms. The molecule has 0 bridgehead atoms. The van der Waals surface area contributed by atoms with Crippen LogP contribution in [-0.2, 0) is 4.79 Å². The normalized spacial score (nSPS) is 12.5. The number of aromatic nitrogens is 2. The molecule has 0 spiro atoms. The average molecular weight is 251 g/mol. The van der Waals surface area contributed by atoms with Gasteiger partial charge >= 0.3 is 5.97 Å². The Hall–Kier alpha value is -1.65.